The number of ether oxygens (including phenoxy) is 1. The second-order valence-electron chi connectivity index (χ2n) is 9.18. The summed E-state index contributed by atoms with van der Waals surface area (Å²) in [5.41, 5.74) is 3.32. The van der Waals surface area contributed by atoms with Gasteiger partial charge >= 0.3 is 12.0 Å². The molecule has 210 valence electrons. The highest BCUT2D eigenvalue weighted by atomic mass is 16.6. The Bertz CT molecular complexity index is 1480. The number of anilines is 1. The van der Waals surface area contributed by atoms with E-state index in [-0.39, 0.29) is 18.3 Å². The third-order valence-electron chi connectivity index (χ3n) is 6.36. The SMILES string of the molecule is CCCN1C(=O)NC(c2ccc(NC(=O)/C=C/c3ccc([N+](=O)[O-])cc3)cc2)C(C(=O)OCC)=C1c1ccccc1. The molecule has 10 nitrogen and oxygen atoms in total. The van der Waals surface area contributed by atoms with Crippen LogP contribution in [0.1, 0.15) is 43.0 Å². The van der Waals surface area contributed by atoms with Crippen molar-refractivity contribution in [2.24, 2.45) is 0 Å². The molecule has 4 rings (SSSR count). The van der Waals surface area contributed by atoms with E-state index in [9.17, 15) is 24.5 Å². The molecular formula is C31H30N4O6. The van der Waals surface area contributed by atoms with E-state index in [4.69, 9.17) is 4.74 Å². The number of amides is 3. The van der Waals surface area contributed by atoms with Crippen LogP contribution in [-0.4, -0.2) is 40.9 Å². The summed E-state index contributed by atoms with van der Waals surface area (Å²) in [7, 11) is 0. The van der Waals surface area contributed by atoms with Crippen LogP contribution in [0.25, 0.3) is 11.8 Å². The molecule has 0 fully saturated rings. The van der Waals surface area contributed by atoms with Crippen LogP contribution < -0.4 is 10.6 Å². The molecule has 0 aliphatic carbocycles. The van der Waals surface area contributed by atoms with Gasteiger partial charge in [-0.3, -0.25) is 19.8 Å². The first kappa shape index (κ1) is 28.8. The quantitative estimate of drug-likeness (QED) is 0.143. The molecule has 3 aromatic carbocycles. The minimum Gasteiger partial charge on any atom is -0.463 e. The summed E-state index contributed by atoms with van der Waals surface area (Å²) in [5.74, 6) is -0.915. The van der Waals surface area contributed by atoms with Crippen LogP contribution in [0.5, 0.6) is 0 Å². The van der Waals surface area contributed by atoms with Gasteiger partial charge in [-0.05, 0) is 60.4 Å². The summed E-state index contributed by atoms with van der Waals surface area (Å²) in [5, 5.41) is 16.5. The van der Waals surface area contributed by atoms with Crippen molar-refractivity contribution in [3.05, 3.63) is 117 Å². The van der Waals surface area contributed by atoms with E-state index < -0.39 is 22.8 Å². The van der Waals surface area contributed by atoms with Gasteiger partial charge in [0.25, 0.3) is 5.69 Å². The van der Waals surface area contributed by atoms with Gasteiger partial charge in [-0.25, -0.2) is 9.59 Å². The Morgan fingerprint density at radius 3 is 2.32 bits per heavy atom. The van der Waals surface area contributed by atoms with E-state index in [1.54, 1.807) is 54.3 Å². The molecule has 10 heteroatoms. The van der Waals surface area contributed by atoms with Crippen LogP contribution in [0.15, 0.2) is 90.5 Å². The monoisotopic (exact) mass is 554 g/mol. The van der Waals surface area contributed by atoms with E-state index >= 15 is 0 Å². The number of nitrogens with zero attached hydrogens (tertiary/aromatic N) is 2. The zero-order valence-corrected chi connectivity index (χ0v) is 22.7. The molecular weight excluding hydrogens is 524 g/mol. The fourth-order valence-corrected chi connectivity index (χ4v) is 4.50. The molecule has 0 saturated carbocycles. The normalized spacial score (nSPS) is 15.0. The summed E-state index contributed by atoms with van der Waals surface area (Å²) in [4.78, 5) is 50.9. The van der Waals surface area contributed by atoms with Crippen molar-refractivity contribution in [3.8, 4) is 0 Å². The maximum atomic E-state index is 13.3. The number of carbonyl (C=O) groups is 3. The fraction of sp³-hybridized carbons (Fsp3) is 0.194. The van der Waals surface area contributed by atoms with E-state index in [0.29, 0.717) is 41.1 Å². The number of hydrogen-bond donors (Lipinski definition) is 2. The predicted octanol–water partition coefficient (Wildman–Crippen LogP) is 5.70. The van der Waals surface area contributed by atoms with Gasteiger partial charge in [-0.15, -0.1) is 0 Å². The molecule has 1 heterocycles. The highest BCUT2D eigenvalue weighted by molar-refractivity contribution is 6.05. The van der Waals surface area contributed by atoms with Gasteiger partial charge in [-0.1, -0.05) is 49.4 Å². The second-order valence-corrected chi connectivity index (χ2v) is 9.18. The van der Waals surface area contributed by atoms with Crippen molar-refractivity contribution in [2.45, 2.75) is 26.3 Å². The maximum absolute atomic E-state index is 13.3. The first-order valence-electron chi connectivity index (χ1n) is 13.2. The number of non-ortho nitro benzene ring substituents is 1. The van der Waals surface area contributed by atoms with E-state index in [1.165, 1.54) is 18.2 Å². The van der Waals surface area contributed by atoms with Crippen LogP contribution in [0, 0.1) is 10.1 Å². The number of carbonyl (C=O) groups excluding carboxylic acids is 3. The van der Waals surface area contributed by atoms with E-state index in [0.717, 1.165) is 5.56 Å². The van der Waals surface area contributed by atoms with Crippen molar-refractivity contribution in [1.82, 2.24) is 10.2 Å². The Morgan fingerprint density at radius 2 is 1.71 bits per heavy atom. The Balaban J connectivity index is 1.60. The Hall–Kier alpha value is -5.25. The van der Waals surface area contributed by atoms with Crippen molar-refractivity contribution in [1.29, 1.82) is 0 Å². The van der Waals surface area contributed by atoms with Gasteiger partial charge in [0.1, 0.15) is 0 Å². The molecule has 3 aromatic rings. The topological polar surface area (TPSA) is 131 Å². The number of urea groups is 1. The van der Waals surface area contributed by atoms with Crippen molar-refractivity contribution >= 4 is 41.1 Å². The first-order chi connectivity index (χ1) is 19.8. The van der Waals surface area contributed by atoms with Crippen molar-refractivity contribution < 1.29 is 24.0 Å². The molecule has 0 saturated heterocycles. The highest BCUT2D eigenvalue weighted by Gasteiger charge is 2.38. The molecule has 3 amide bonds. The number of rotatable bonds is 10. The zero-order valence-electron chi connectivity index (χ0n) is 22.7. The molecule has 41 heavy (non-hydrogen) atoms. The molecule has 0 radical (unpaired) electrons. The summed E-state index contributed by atoms with van der Waals surface area (Å²) < 4.78 is 5.43. The fourth-order valence-electron chi connectivity index (χ4n) is 4.50. The van der Waals surface area contributed by atoms with Gasteiger partial charge in [0, 0.05) is 30.4 Å². The van der Waals surface area contributed by atoms with Crippen LogP contribution in [0.3, 0.4) is 0 Å². The van der Waals surface area contributed by atoms with Gasteiger partial charge in [0.15, 0.2) is 0 Å². The Morgan fingerprint density at radius 1 is 1.02 bits per heavy atom. The molecule has 1 aliphatic rings. The van der Waals surface area contributed by atoms with Gasteiger partial charge < -0.3 is 15.4 Å². The number of nitro groups is 1. The molecule has 0 bridgehead atoms. The minimum absolute atomic E-state index is 0.0317. The average Bonchev–Trinajstić information content (AvgIpc) is 2.98. The summed E-state index contributed by atoms with van der Waals surface area (Å²) in [6.45, 7) is 4.29. The van der Waals surface area contributed by atoms with Gasteiger partial charge in [0.05, 0.1) is 28.8 Å². The highest BCUT2D eigenvalue weighted by Crippen LogP contribution is 2.37. The summed E-state index contributed by atoms with van der Waals surface area (Å²) in [6, 6.07) is 20.9. The molecule has 1 unspecified atom stereocenters. The predicted molar refractivity (Wildman–Crippen MR) is 155 cm³/mol. The number of nitrogens with one attached hydrogen (secondary N) is 2. The largest absolute Gasteiger partial charge is 0.463 e. The van der Waals surface area contributed by atoms with Crippen LogP contribution in [-0.2, 0) is 14.3 Å². The lowest BCUT2D eigenvalue weighted by Crippen LogP contribution is -2.48. The standard InChI is InChI=1S/C31H30N4O6/c1-3-20-34-29(23-8-6-5-7-9-23)27(30(37)41-4-2)28(33-31(34)38)22-13-15-24(16-14-22)32-26(36)19-12-21-10-17-25(18-11-21)35(39)40/h5-19,28H,3-4,20H2,1-2H3,(H,32,36)(H,33,38)/b19-12+. The maximum Gasteiger partial charge on any atom is 0.338 e. The molecule has 2 N–H and O–H groups in total. The summed E-state index contributed by atoms with van der Waals surface area (Å²) in [6.07, 6.45) is 3.57. The van der Waals surface area contributed by atoms with Gasteiger partial charge in [-0.2, -0.15) is 0 Å². The van der Waals surface area contributed by atoms with Crippen molar-refractivity contribution in [2.75, 3.05) is 18.5 Å². The Labute approximate surface area is 237 Å². The average molecular weight is 555 g/mol. The van der Waals surface area contributed by atoms with Crippen LogP contribution in [0.4, 0.5) is 16.2 Å². The zero-order chi connectivity index (χ0) is 29.4. The number of benzene rings is 3. The number of hydrogen-bond acceptors (Lipinski definition) is 6. The van der Waals surface area contributed by atoms with E-state index in [1.807, 2.05) is 37.3 Å². The second kappa shape index (κ2) is 13.2. The third-order valence-corrected chi connectivity index (χ3v) is 6.36. The lowest BCUT2D eigenvalue weighted by atomic mass is 9.91. The molecule has 0 aromatic heterocycles. The lowest BCUT2D eigenvalue weighted by Gasteiger charge is -2.36. The minimum atomic E-state index is -0.767. The molecule has 0 spiro atoms. The first-order valence-corrected chi connectivity index (χ1v) is 13.2. The number of esters is 1. The number of nitro benzene ring substituents is 1. The van der Waals surface area contributed by atoms with Crippen LogP contribution >= 0.6 is 0 Å². The molecule has 1 atom stereocenters. The molecule has 1 aliphatic heterocycles. The van der Waals surface area contributed by atoms with Gasteiger partial charge in [0.2, 0.25) is 5.91 Å². The summed E-state index contributed by atoms with van der Waals surface area (Å²) >= 11 is 0. The Kier molecular flexibility index (Phi) is 9.26. The van der Waals surface area contributed by atoms with Crippen molar-refractivity contribution in [3.63, 3.8) is 0 Å². The third kappa shape index (κ3) is 6.85. The van der Waals surface area contributed by atoms with E-state index in [2.05, 4.69) is 10.6 Å². The van der Waals surface area contributed by atoms with Crippen LogP contribution in [0.2, 0.25) is 0 Å². The lowest BCUT2D eigenvalue weighted by molar-refractivity contribution is -0.384. The smallest absolute Gasteiger partial charge is 0.338 e.